The van der Waals surface area contributed by atoms with Crippen LogP contribution in [0.3, 0.4) is 0 Å². The molecule has 1 rings (SSSR count). The molecular weight excluding hydrogens is 322 g/mol. The molecule has 0 saturated heterocycles. The molecule has 0 aliphatic carbocycles. The number of hydrogen-bond donors (Lipinski definition) is 2. The number of aromatic hydroxyl groups is 1. The SMILES string of the molecule is COCC(OC)C(=O)Nc1cc(C(=O)OC)cc(C(=O)OC)c1O. The van der Waals surface area contributed by atoms with Crippen molar-refractivity contribution in [3.05, 3.63) is 23.3 Å². The van der Waals surface area contributed by atoms with E-state index >= 15 is 0 Å². The molecule has 132 valence electrons. The van der Waals surface area contributed by atoms with Crippen LogP contribution in [0.5, 0.6) is 5.75 Å². The predicted molar refractivity (Wildman–Crippen MR) is 82.1 cm³/mol. The summed E-state index contributed by atoms with van der Waals surface area (Å²) in [6, 6.07) is 2.27. The van der Waals surface area contributed by atoms with Crippen molar-refractivity contribution in [2.75, 3.05) is 40.4 Å². The highest BCUT2D eigenvalue weighted by Crippen LogP contribution is 2.30. The van der Waals surface area contributed by atoms with Crippen molar-refractivity contribution in [2.24, 2.45) is 0 Å². The van der Waals surface area contributed by atoms with E-state index in [2.05, 4.69) is 14.8 Å². The van der Waals surface area contributed by atoms with E-state index in [1.807, 2.05) is 0 Å². The fourth-order valence-corrected chi connectivity index (χ4v) is 1.85. The average molecular weight is 341 g/mol. The second-order valence-electron chi connectivity index (χ2n) is 4.57. The van der Waals surface area contributed by atoms with E-state index in [4.69, 9.17) is 9.47 Å². The average Bonchev–Trinajstić information content (AvgIpc) is 2.59. The lowest BCUT2D eigenvalue weighted by atomic mass is 10.1. The largest absolute Gasteiger partial charge is 0.505 e. The van der Waals surface area contributed by atoms with Crippen molar-refractivity contribution in [1.82, 2.24) is 0 Å². The molecular formula is C15H19NO8. The Kier molecular flexibility index (Phi) is 7.15. The topological polar surface area (TPSA) is 120 Å². The maximum absolute atomic E-state index is 12.1. The quantitative estimate of drug-likeness (QED) is 0.545. The number of hydrogen-bond acceptors (Lipinski definition) is 8. The van der Waals surface area contributed by atoms with E-state index in [0.29, 0.717) is 0 Å². The minimum absolute atomic E-state index is 0.0242. The van der Waals surface area contributed by atoms with Crippen LogP contribution in [0.2, 0.25) is 0 Å². The first-order valence-corrected chi connectivity index (χ1v) is 6.75. The van der Waals surface area contributed by atoms with Gasteiger partial charge in [-0.3, -0.25) is 4.79 Å². The van der Waals surface area contributed by atoms with Gasteiger partial charge in [0.05, 0.1) is 32.1 Å². The smallest absolute Gasteiger partial charge is 0.341 e. The van der Waals surface area contributed by atoms with Gasteiger partial charge in [0.25, 0.3) is 5.91 Å². The summed E-state index contributed by atoms with van der Waals surface area (Å²) in [5.74, 6) is -2.81. The standard InChI is InChI=1S/C15H19NO8/c1-21-7-11(22-2)13(18)16-10-6-8(14(19)23-3)5-9(12(10)17)15(20)24-4/h5-6,11,17H,7H2,1-4H3,(H,16,18). The van der Waals surface area contributed by atoms with Crippen LogP contribution in [0.1, 0.15) is 20.7 Å². The molecule has 1 atom stereocenters. The summed E-state index contributed by atoms with van der Waals surface area (Å²) >= 11 is 0. The number of amides is 1. The number of carbonyl (C=O) groups is 3. The molecule has 1 amide bonds. The van der Waals surface area contributed by atoms with Crippen molar-refractivity contribution in [1.29, 1.82) is 0 Å². The van der Waals surface area contributed by atoms with E-state index in [0.717, 1.165) is 20.3 Å². The van der Waals surface area contributed by atoms with Gasteiger partial charge in [0.15, 0.2) is 11.9 Å². The molecule has 24 heavy (non-hydrogen) atoms. The van der Waals surface area contributed by atoms with E-state index in [1.165, 1.54) is 20.3 Å². The predicted octanol–water partition coefficient (Wildman–Crippen LogP) is 0.565. The van der Waals surface area contributed by atoms with Crippen LogP contribution < -0.4 is 5.32 Å². The van der Waals surface area contributed by atoms with Gasteiger partial charge in [-0.05, 0) is 12.1 Å². The number of phenols is 1. The fourth-order valence-electron chi connectivity index (χ4n) is 1.85. The number of ether oxygens (including phenoxy) is 4. The van der Waals surface area contributed by atoms with E-state index in [9.17, 15) is 19.5 Å². The zero-order chi connectivity index (χ0) is 18.3. The second-order valence-corrected chi connectivity index (χ2v) is 4.57. The van der Waals surface area contributed by atoms with Crippen LogP contribution in [0, 0.1) is 0 Å². The minimum Gasteiger partial charge on any atom is -0.505 e. The van der Waals surface area contributed by atoms with Gasteiger partial charge in [-0.25, -0.2) is 9.59 Å². The van der Waals surface area contributed by atoms with Crippen LogP contribution in [0.4, 0.5) is 5.69 Å². The third-order valence-electron chi connectivity index (χ3n) is 3.09. The molecule has 2 N–H and O–H groups in total. The van der Waals surface area contributed by atoms with Crippen LogP contribution >= 0.6 is 0 Å². The molecule has 1 aromatic rings. The molecule has 0 spiro atoms. The summed E-state index contributed by atoms with van der Waals surface area (Å²) in [4.78, 5) is 35.6. The molecule has 0 fully saturated rings. The molecule has 1 unspecified atom stereocenters. The van der Waals surface area contributed by atoms with E-state index in [-0.39, 0.29) is 23.4 Å². The van der Waals surface area contributed by atoms with Crippen molar-refractivity contribution in [2.45, 2.75) is 6.10 Å². The monoisotopic (exact) mass is 341 g/mol. The van der Waals surface area contributed by atoms with Crippen molar-refractivity contribution in [3.63, 3.8) is 0 Å². The van der Waals surface area contributed by atoms with Crippen LogP contribution in [0.15, 0.2) is 12.1 Å². The normalized spacial score (nSPS) is 11.5. The van der Waals surface area contributed by atoms with Gasteiger partial charge in [0.1, 0.15) is 5.56 Å². The lowest BCUT2D eigenvalue weighted by molar-refractivity contribution is -0.128. The Labute approximate surface area is 138 Å². The first-order valence-electron chi connectivity index (χ1n) is 6.75. The minimum atomic E-state index is -0.947. The van der Waals surface area contributed by atoms with Crippen molar-refractivity contribution in [3.8, 4) is 5.75 Å². The molecule has 9 heteroatoms. The van der Waals surface area contributed by atoms with Gasteiger partial charge in [-0.1, -0.05) is 0 Å². The molecule has 0 aliphatic heterocycles. The number of esters is 2. The number of benzene rings is 1. The first-order chi connectivity index (χ1) is 11.4. The maximum atomic E-state index is 12.1. The van der Waals surface area contributed by atoms with Crippen molar-refractivity contribution < 1.29 is 38.4 Å². The summed E-state index contributed by atoms with van der Waals surface area (Å²) in [6.45, 7) is -0.0242. The Morgan fingerprint density at radius 3 is 2.21 bits per heavy atom. The highest BCUT2D eigenvalue weighted by Gasteiger charge is 2.24. The molecule has 0 saturated carbocycles. The van der Waals surface area contributed by atoms with E-state index in [1.54, 1.807) is 0 Å². The Bertz CT molecular complexity index is 628. The van der Waals surface area contributed by atoms with Gasteiger partial charge >= 0.3 is 11.9 Å². The molecule has 0 aliphatic rings. The van der Waals surface area contributed by atoms with Crippen molar-refractivity contribution >= 4 is 23.5 Å². The molecule has 9 nitrogen and oxygen atoms in total. The maximum Gasteiger partial charge on any atom is 0.341 e. The van der Waals surface area contributed by atoms with Gasteiger partial charge < -0.3 is 29.4 Å². The molecule has 0 radical (unpaired) electrons. The van der Waals surface area contributed by atoms with Gasteiger partial charge in [0, 0.05) is 14.2 Å². The number of rotatable bonds is 7. The third kappa shape index (κ3) is 4.43. The summed E-state index contributed by atoms with van der Waals surface area (Å²) in [5, 5.41) is 12.5. The van der Waals surface area contributed by atoms with Crippen LogP contribution in [0.25, 0.3) is 0 Å². The van der Waals surface area contributed by atoms with Gasteiger partial charge in [-0.2, -0.15) is 0 Å². The Morgan fingerprint density at radius 2 is 1.71 bits per heavy atom. The highest BCUT2D eigenvalue weighted by molar-refractivity contribution is 6.03. The number of phenolic OH excluding ortho intramolecular Hbond substituents is 1. The number of carbonyl (C=O) groups excluding carboxylic acids is 3. The van der Waals surface area contributed by atoms with Crippen LogP contribution in [-0.2, 0) is 23.7 Å². The third-order valence-corrected chi connectivity index (χ3v) is 3.09. The van der Waals surface area contributed by atoms with Gasteiger partial charge in [-0.15, -0.1) is 0 Å². The Balaban J connectivity index is 3.27. The molecule has 0 bridgehead atoms. The van der Waals surface area contributed by atoms with Crippen LogP contribution in [-0.4, -0.2) is 64.1 Å². The Hall–Kier alpha value is -2.65. The highest BCUT2D eigenvalue weighted by atomic mass is 16.5. The second kappa shape index (κ2) is 8.85. The molecule has 0 aromatic heterocycles. The number of anilines is 1. The lowest BCUT2D eigenvalue weighted by Crippen LogP contribution is -2.33. The fraction of sp³-hybridized carbons (Fsp3) is 0.400. The summed E-state index contributed by atoms with van der Waals surface area (Å²) in [5.41, 5.74) is -0.510. The molecule has 0 heterocycles. The Morgan fingerprint density at radius 1 is 1.08 bits per heavy atom. The zero-order valence-electron chi connectivity index (χ0n) is 13.7. The lowest BCUT2D eigenvalue weighted by Gasteiger charge is -2.16. The number of nitrogens with one attached hydrogen (secondary N) is 1. The summed E-state index contributed by atoms with van der Waals surface area (Å²) in [7, 11) is 4.98. The zero-order valence-corrected chi connectivity index (χ0v) is 13.7. The summed E-state index contributed by atoms with van der Waals surface area (Å²) in [6.07, 6.45) is -0.947. The first kappa shape index (κ1) is 19.4. The summed E-state index contributed by atoms with van der Waals surface area (Å²) < 4.78 is 18.9. The number of methoxy groups -OCH3 is 4. The van der Waals surface area contributed by atoms with E-state index < -0.39 is 29.7 Å². The van der Waals surface area contributed by atoms with Gasteiger partial charge in [0.2, 0.25) is 0 Å². The molecule has 1 aromatic carbocycles.